The van der Waals surface area contributed by atoms with E-state index < -0.39 is 5.97 Å². The van der Waals surface area contributed by atoms with Crippen LogP contribution in [0, 0.1) is 5.92 Å². The topological polar surface area (TPSA) is 52.6 Å². The maximum atomic E-state index is 10.6. The molecule has 0 aliphatic heterocycles. The molecule has 4 heteroatoms. The van der Waals surface area contributed by atoms with Crippen molar-refractivity contribution in [2.75, 3.05) is 27.2 Å². The fourth-order valence-electron chi connectivity index (χ4n) is 0.906. The molecule has 2 N–H and O–H groups in total. The molecule has 4 nitrogen and oxygen atoms in total. The summed E-state index contributed by atoms with van der Waals surface area (Å²) in [5.74, 6) is -1.08. The number of hydrogen-bond donors (Lipinski definition) is 2. The minimum absolute atomic E-state index is 0.0254. The first-order chi connectivity index (χ1) is 5.95. The fraction of sp³-hybridized carbons (Fsp3) is 0.889. The second-order valence-electron chi connectivity index (χ2n) is 3.67. The van der Waals surface area contributed by atoms with Gasteiger partial charge in [0.1, 0.15) is 0 Å². The van der Waals surface area contributed by atoms with Gasteiger partial charge in [0.15, 0.2) is 0 Å². The summed E-state index contributed by atoms with van der Waals surface area (Å²) >= 11 is 0. The molecule has 0 bridgehead atoms. The number of rotatable bonds is 6. The second kappa shape index (κ2) is 5.94. The van der Waals surface area contributed by atoms with E-state index in [0.29, 0.717) is 0 Å². The Kier molecular flexibility index (Phi) is 5.66. The molecule has 13 heavy (non-hydrogen) atoms. The number of nitrogens with one attached hydrogen (secondary N) is 1. The van der Waals surface area contributed by atoms with E-state index in [0.717, 1.165) is 13.1 Å². The molecule has 0 aromatic heterocycles. The zero-order valence-corrected chi connectivity index (χ0v) is 8.87. The molecule has 0 saturated heterocycles. The molecule has 0 aromatic rings. The van der Waals surface area contributed by atoms with E-state index in [-0.39, 0.29) is 12.0 Å². The summed E-state index contributed by atoms with van der Waals surface area (Å²) in [5, 5.41) is 11.9. The van der Waals surface area contributed by atoms with Crippen LogP contribution < -0.4 is 5.32 Å². The monoisotopic (exact) mass is 188 g/mol. The average Bonchev–Trinajstić information content (AvgIpc) is 2.02. The molecule has 0 heterocycles. The Bertz CT molecular complexity index is 160. The Morgan fingerprint density at radius 3 is 2.38 bits per heavy atom. The van der Waals surface area contributed by atoms with Crippen molar-refractivity contribution < 1.29 is 9.90 Å². The van der Waals surface area contributed by atoms with E-state index in [9.17, 15) is 4.79 Å². The number of carbonyl (C=O) groups is 1. The Balaban J connectivity index is 3.61. The highest BCUT2D eigenvalue weighted by Gasteiger charge is 2.18. The molecule has 78 valence electrons. The lowest BCUT2D eigenvalue weighted by atomic mass is 10.0. The lowest BCUT2D eigenvalue weighted by molar-refractivity contribution is -0.141. The summed E-state index contributed by atoms with van der Waals surface area (Å²) in [6.07, 6.45) is 0. The lowest BCUT2D eigenvalue weighted by Crippen LogP contribution is -2.39. The van der Waals surface area contributed by atoms with E-state index in [1.54, 1.807) is 6.92 Å². The Hall–Kier alpha value is -0.610. The van der Waals surface area contributed by atoms with Gasteiger partial charge in [0, 0.05) is 19.1 Å². The maximum absolute atomic E-state index is 10.6. The van der Waals surface area contributed by atoms with Crippen molar-refractivity contribution in [2.45, 2.75) is 19.9 Å². The van der Waals surface area contributed by atoms with E-state index >= 15 is 0 Å². The van der Waals surface area contributed by atoms with Crippen LogP contribution in [0.25, 0.3) is 0 Å². The van der Waals surface area contributed by atoms with Gasteiger partial charge in [-0.05, 0) is 21.0 Å². The van der Waals surface area contributed by atoms with Crippen LogP contribution in [-0.4, -0.2) is 49.2 Å². The zero-order valence-electron chi connectivity index (χ0n) is 8.87. The van der Waals surface area contributed by atoms with Gasteiger partial charge >= 0.3 is 5.97 Å². The summed E-state index contributed by atoms with van der Waals surface area (Å²) in [7, 11) is 3.99. The number of hydrogen-bond acceptors (Lipinski definition) is 3. The van der Waals surface area contributed by atoms with E-state index in [4.69, 9.17) is 5.11 Å². The minimum atomic E-state index is -0.746. The molecule has 2 unspecified atom stereocenters. The van der Waals surface area contributed by atoms with Gasteiger partial charge < -0.3 is 15.3 Å². The predicted molar refractivity (Wildman–Crippen MR) is 52.8 cm³/mol. The Morgan fingerprint density at radius 1 is 1.46 bits per heavy atom. The van der Waals surface area contributed by atoms with Gasteiger partial charge in [-0.15, -0.1) is 0 Å². The minimum Gasteiger partial charge on any atom is -0.481 e. The average molecular weight is 188 g/mol. The molecule has 0 spiro atoms. The van der Waals surface area contributed by atoms with Gasteiger partial charge in [0.25, 0.3) is 0 Å². The molecule has 0 saturated carbocycles. The van der Waals surface area contributed by atoms with Crippen molar-refractivity contribution >= 4 is 5.97 Å². The summed E-state index contributed by atoms with van der Waals surface area (Å²) in [4.78, 5) is 12.6. The highest BCUT2D eigenvalue weighted by molar-refractivity contribution is 5.70. The third-order valence-electron chi connectivity index (χ3n) is 2.16. The van der Waals surface area contributed by atoms with Gasteiger partial charge in [0.2, 0.25) is 0 Å². The number of carboxylic acid groups (broad SMARTS) is 1. The molecular formula is C9H20N2O2. The number of carboxylic acids is 1. The number of nitrogens with zero attached hydrogens (tertiary/aromatic N) is 1. The van der Waals surface area contributed by atoms with Crippen LogP contribution in [0.15, 0.2) is 0 Å². The lowest BCUT2D eigenvalue weighted by Gasteiger charge is -2.19. The van der Waals surface area contributed by atoms with Crippen LogP contribution in [0.1, 0.15) is 13.8 Å². The van der Waals surface area contributed by atoms with Crippen molar-refractivity contribution in [3.63, 3.8) is 0 Å². The quantitative estimate of drug-likeness (QED) is 0.627. The molecule has 0 aliphatic rings. The summed E-state index contributed by atoms with van der Waals surface area (Å²) < 4.78 is 0. The van der Waals surface area contributed by atoms with Gasteiger partial charge in [-0.3, -0.25) is 4.79 Å². The largest absolute Gasteiger partial charge is 0.481 e. The highest BCUT2D eigenvalue weighted by Crippen LogP contribution is 2.01. The molecule has 0 fully saturated rings. The molecule has 0 rings (SSSR count). The number of likely N-dealkylation sites (N-methyl/N-ethyl adjacent to an activating group) is 1. The standard InChI is InChI=1S/C9H20N2O2/c1-7(9(12)13)8(2)10-5-6-11(3)4/h7-8,10H,5-6H2,1-4H3,(H,12,13). The van der Waals surface area contributed by atoms with Crippen LogP contribution in [0.5, 0.6) is 0 Å². The number of aliphatic carboxylic acids is 1. The zero-order chi connectivity index (χ0) is 10.4. The van der Waals surface area contributed by atoms with Gasteiger partial charge in [0.05, 0.1) is 5.92 Å². The van der Waals surface area contributed by atoms with Crippen molar-refractivity contribution in [1.29, 1.82) is 0 Å². The van der Waals surface area contributed by atoms with Crippen molar-refractivity contribution in [3.8, 4) is 0 Å². The van der Waals surface area contributed by atoms with Crippen molar-refractivity contribution in [3.05, 3.63) is 0 Å². The summed E-state index contributed by atoms with van der Waals surface area (Å²) in [6.45, 7) is 5.37. The predicted octanol–water partition coefficient (Wildman–Crippen LogP) is 0.247. The Labute approximate surface area is 79.9 Å². The van der Waals surface area contributed by atoms with Crippen LogP contribution >= 0.6 is 0 Å². The van der Waals surface area contributed by atoms with Crippen LogP contribution in [-0.2, 0) is 4.79 Å². The van der Waals surface area contributed by atoms with E-state index in [2.05, 4.69) is 10.2 Å². The first-order valence-electron chi connectivity index (χ1n) is 4.56. The summed E-state index contributed by atoms with van der Waals surface area (Å²) in [6, 6.07) is 0.0254. The molecule has 2 atom stereocenters. The van der Waals surface area contributed by atoms with E-state index in [1.165, 1.54) is 0 Å². The Morgan fingerprint density at radius 2 is 2.00 bits per heavy atom. The molecule has 0 aliphatic carbocycles. The van der Waals surface area contributed by atoms with Gasteiger partial charge in [-0.1, -0.05) is 6.92 Å². The maximum Gasteiger partial charge on any atom is 0.307 e. The van der Waals surface area contributed by atoms with E-state index in [1.807, 2.05) is 21.0 Å². The molecule has 0 amide bonds. The normalized spacial score (nSPS) is 15.8. The van der Waals surface area contributed by atoms with Crippen molar-refractivity contribution in [1.82, 2.24) is 10.2 Å². The first-order valence-corrected chi connectivity index (χ1v) is 4.56. The third-order valence-corrected chi connectivity index (χ3v) is 2.16. The van der Waals surface area contributed by atoms with Crippen LogP contribution in [0.4, 0.5) is 0 Å². The SMILES string of the molecule is CC(NCCN(C)C)C(C)C(=O)O. The van der Waals surface area contributed by atoms with Crippen LogP contribution in [0.3, 0.4) is 0 Å². The highest BCUT2D eigenvalue weighted by atomic mass is 16.4. The summed E-state index contributed by atoms with van der Waals surface area (Å²) in [5.41, 5.74) is 0. The van der Waals surface area contributed by atoms with Crippen molar-refractivity contribution in [2.24, 2.45) is 5.92 Å². The van der Waals surface area contributed by atoms with Gasteiger partial charge in [-0.25, -0.2) is 0 Å². The molecule has 0 aromatic carbocycles. The molecular weight excluding hydrogens is 168 g/mol. The fourth-order valence-corrected chi connectivity index (χ4v) is 0.906. The smallest absolute Gasteiger partial charge is 0.307 e. The second-order valence-corrected chi connectivity index (χ2v) is 3.67. The molecule has 0 radical (unpaired) electrons. The first kappa shape index (κ1) is 12.4. The third kappa shape index (κ3) is 5.60. The van der Waals surface area contributed by atoms with Crippen LogP contribution in [0.2, 0.25) is 0 Å². The van der Waals surface area contributed by atoms with Gasteiger partial charge in [-0.2, -0.15) is 0 Å².